The Kier molecular flexibility index (Phi) is 6.59. The lowest BCUT2D eigenvalue weighted by atomic mass is 9.41. The van der Waals surface area contributed by atoms with Gasteiger partial charge < -0.3 is 15.9 Å². The highest BCUT2D eigenvalue weighted by molar-refractivity contribution is 6.27. The van der Waals surface area contributed by atoms with Crippen LogP contribution in [0.25, 0.3) is 11.1 Å². The summed E-state index contributed by atoms with van der Waals surface area (Å²) in [6.07, 6.45) is 0.443. The van der Waals surface area contributed by atoms with Crippen molar-refractivity contribution < 1.29 is 29.4 Å². The van der Waals surface area contributed by atoms with Gasteiger partial charge in [-0.1, -0.05) is 68.7 Å². The van der Waals surface area contributed by atoms with Crippen molar-refractivity contribution in [2.75, 3.05) is 0 Å². The van der Waals surface area contributed by atoms with Crippen molar-refractivity contribution in [2.45, 2.75) is 73.5 Å². The summed E-state index contributed by atoms with van der Waals surface area (Å²) in [7, 11) is 0. The van der Waals surface area contributed by atoms with Crippen LogP contribution < -0.4 is 5.73 Å². The first-order valence-corrected chi connectivity index (χ1v) is 14.3. The normalized spacial score (nSPS) is 31.2. The molecule has 0 spiro atoms. The Balaban J connectivity index is 1.80. The van der Waals surface area contributed by atoms with Crippen LogP contribution in [-0.4, -0.2) is 38.9 Å². The molecule has 0 aliphatic heterocycles. The zero-order chi connectivity index (χ0) is 30.4. The Morgan fingerprint density at radius 3 is 2.22 bits per heavy atom. The average Bonchev–Trinajstić information content (AvgIpc) is 2.86. The Morgan fingerprint density at radius 2 is 1.68 bits per heavy atom. The predicted molar refractivity (Wildman–Crippen MR) is 155 cm³/mol. The first-order valence-electron chi connectivity index (χ1n) is 14.3. The van der Waals surface area contributed by atoms with Crippen LogP contribution in [0.4, 0.5) is 0 Å². The first-order chi connectivity index (χ1) is 19.0. The monoisotopic (exact) mass is 557 g/mol. The number of carbonyl (C=O) groups excluding carboxylic acids is 4. The number of hydrogen-bond donors (Lipinski definition) is 3. The molecule has 2 unspecified atom stereocenters. The Bertz CT molecular complexity index is 1570. The summed E-state index contributed by atoms with van der Waals surface area (Å²) in [6, 6.07) is 9.66. The molecule has 0 heterocycles. The number of phenols is 1. The lowest BCUT2D eigenvalue weighted by molar-refractivity contribution is -0.183. The van der Waals surface area contributed by atoms with Gasteiger partial charge in [-0.3, -0.25) is 19.2 Å². The zero-order valence-electron chi connectivity index (χ0n) is 24.8. The zero-order valence-corrected chi connectivity index (χ0v) is 24.8. The maximum Gasteiger partial charge on any atom is 0.192 e. The fourth-order valence-corrected chi connectivity index (χ4v) is 8.61. The van der Waals surface area contributed by atoms with Gasteiger partial charge in [0.1, 0.15) is 17.5 Å². The first kappa shape index (κ1) is 29.1. The van der Waals surface area contributed by atoms with Crippen molar-refractivity contribution in [1.82, 2.24) is 0 Å². The molecule has 2 aromatic carbocycles. The number of nitrogens with two attached hydrogens (primary N) is 1. The molecule has 2 aromatic rings. The van der Waals surface area contributed by atoms with Crippen LogP contribution in [0.2, 0.25) is 0 Å². The minimum Gasteiger partial charge on any atom is -0.507 e. The third kappa shape index (κ3) is 3.71. The number of ketones is 4. The van der Waals surface area contributed by atoms with Gasteiger partial charge in [0.2, 0.25) is 0 Å². The summed E-state index contributed by atoms with van der Waals surface area (Å²) in [5.41, 5.74) is 6.13. The van der Waals surface area contributed by atoms with Gasteiger partial charge in [-0.2, -0.15) is 0 Å². The van der Waals surface area contributed by atoms with E-state index in [-0.39, 0.29) is 36.6 Å². The number of aliphatic hydroxyl groups is 1. The number of phenolic OH excluding ortho intramolecular Hbond substituents is 1. The minimum atomic E-state index is -2.55. The number of fused-ring (bicyclic) bond motifs is 3. The highest BCUT2D eigenvalue weighted by Crippen LogP contribution is 2.64. The molecule has 0 saturated heterocycles. The van der Waals surface area contributed by atoms with Crippen LogP contribution in [0.15, 0.2) is 41.5 Å². The van der Waals surface area contributed by atoms with E-state index >= 15 is 0 Å². The summed E-state index contributed by atoms with van der Waals surface area (Å²) < 4.78 is 0. The number of allylic oxidation sites excluding steroid dienone is 1. The highest BCUT2D eigenvalue weighted by atomic mass is 16.3. The van der Waals surface area contributed by atoms with Gasteiger partial charge in [-0.25, -0.2) is 0 Å². The van der Waals surface area contributed by atoms with Crippen LogP contribution >= 0.6 is 0 Å². The fraction of sp³-hybridized carbons (Fsp3) is 0.471. The summed E-state index contributed by atoms with van der Waals surface area (Å²) in [6.45, 7) is 12.4. The molecule has 0 bridgehead atoms. The van der Waals surface area contributed by atoms with Crippen LogP contribution in [0.3, 0.4) is 0 Å². The Hall–Kier alpha value is -3.42. The third-order valence-corrected chi connectivity index (χ3v) is 10.1. The van der Waals surface area contributed by atoms with E-state index in [1.807, 2.05) is 58.0 Å². The molecule has 1 fully saturated rings. The van der Waals surface area contributed by atoms with E-state index in [0.29, 0.717) is 22.3 Å². The maximum atomic E-state index is 14.5. The molecule has 41 heavy (non-hydrogen) atoms. The standard InChI is InChI=1S/C34H39NO6/c1-16(2)26-18(4)24(19(5)36)30(39)34(41)31(40)27-29(38)25-23(13-32(27,6)15-33(26,34)7)22(12-21(14-35)28(25)37)20-10-8-17(3)9-11-20/h8-12,16,24,27,37,41H,13-15,35H2,1-7H3/t24?,27?,32-,33-,34+/m0/s1. The van der Waals surface area contributed by atoms with E-state index in [1.54, 1.807) is 13.8 Å². The molecular formula is C34H39NO6. The molecule has 7 nitrogen and oxygen atoms in total. The number of aryl methyl sites for hydroxylation is 1. The second-order valence-electron chi connectivity index (χ2n) is 13.2. The topological polar surface area (TPSA) is 135 Å². The van der Waals surface area contributed by atoms with Crippen LogP contribution in [-0.2, 0) is 27.3 Å². The smallest absolute Gasteiger partial charge is 0.192 e. The van der Waals surface area contributed by atoms with Crippen LogP contribution in [0.1, 0.15) is 75.0 Å². The SMILES string of the molecule is CC(=O)C1C(=O)[C@@]2(O)C(=O)C3C(=O)c4c(O)c(CN)cc(-c5ccc(C)cc5)c4C[C@@]3(C)C[C@@]2(C)C(C(C)C)=C1C. The molecule has 1 saturated carbocycles. The molecule has 0 radical (unpaired) electrons. The van der Waals surface area contributed by atoms with Gasteiger partial charge in [-0.15, -0.1) is 0 Å². The van der Waals surface area contributed by atoms with Gasteiger partial charge in [0.25, 0.3) is 0 Å². The van der Waals surface area contributed by atoms with Gasteiger partial charge in [0.05, 0.1) is 11.5 Å². The molecular weight excluding hydrogens is 518 g/mol. The molecule has 4 N–H and O–H groups in total. The van der Waals surface area contributed by atoms with E-state index in [1.165, 1.54) is 6.92 Å². The van der Waals surface area contributed by atoms with Crippen LogP contribution in [0.5, 0.6) is 5.75 Å². The number of Topliss-reactive ketones (excluding diaryl/α,β-unsaturated/α-hetero) is 4. The molecule has 0 amide bonds. The molecule has 7 heteroatoms. The summed E-state index contributed by atoms with van der Waals surface area (Å²) >= 11 is 0. The summed E-state index contributed by atoms with van der Waals surface area (Å²) in [4.78, 5) is 55.6. The van der Waals surface area contributed by atoms with Gasteiger partial charge >= 0.3 is 0 Å². The van der Waals surface area contributed by atoms with Crippen molar-refractivity contribution in [3.05, 3.63) is 63.7 Å². The Labute approximate surface area is 240 Å². The highest BCUT2D eigenvalue weighted by Gasteiger charge is 2.73. The molecule has 5 atom stereocenters. The molecule has 5 rings (SSSR count). The summed E-state index contributed by atoms with van der Waals surface area (Å²) in [5.74, 6) is -5.89. The minimum absolute atomic E-state index is 0.0220. The van der Waals surface area contributed by atoms with Crippen LogP contribution in [0, 0.1) is 35.5 Å². The number of rotatable bonds is 4. The molecule has 0 aromatic heterocycles. The maximum absolute atomic E-state index is 14.5. The van der Waals surface area contributed by atoms with Gasteiger partial charge in [0, 0.05) is 17.5 Å². The van der Waals surface area contributed by atoms with E-state index in [0.717, 1.165) is 16.7 Å². The van der Waals surface area contributed by atoms with Crippen molar-refractivity contribution >= 4 is 23.1 Å². The third-order valence-electron chi connectivity index (χ3n) is 10.1. The van der Waals surface area contributed by atoms with E-state index < -0.39 is 51.4 Å². The van der Waals surface area contributed by atoms with E-state index in [4.69, 9.17) is 5.73 Å². The quantitative estimate of drug-likeness (QED) is 0.368. The lowest BCUT2D eigenvalue weighted by Crippen LogP contribution is -2.73. The van der Waals surface area contributed by atoms with Gasteiger partial charge in [-0.05, 0) is 67.7 Å². The molecule has 3 aliphatic rings. The van der Waals surface area contributed by atoms with Crippen molar-refractivity contribution in [1.29, 1.82) is 0 Å². The summed E-state index contributed by atoms with van der Waals surface area (Å²) in [5, 5.41) is 23.5. The average molecular weight is 558 g/mol. The molecule has 3 aliphatic carbocycles. The molecule has 216 valence electrons. The number of carbonyl (C=O) groups is 4. The largest absolute Gasteiger partial charge is 0.507 e. The number of aromatic hydroxyl groups is 1. The second kappa shape index (κ2) is 9.30. The second-order valence-corrected chi connectivity index (χ2v) is 13.2. The fourth-order valence-electron chi connectivity index (χ4n) is 8.61. The van der Waals surface area contributed by atoms with E-state index in [9.17, 15) is 29.4 Å². The lowest BCUT2D eigenvalue weighted by Gasteiger charge is -2.60. The van der Waals surface area contributed by atoms with E-state index in [2.05, 4.69) is 0 Å². The van der Waals surface area contributed by atoms with Crippen molar-refractivity contribution in [3.63, 3.8) is 0 Å². The van der Waals surface area contributed by atoms with Crippen molar-refractivity contribution in [3.8, 4) is 16.9 Å². The van der Waals surface area contributed by atoms with Crippen molar-refractivity contribution in [2.24, 2.45) is 34.3 Å². The predicted octanol–water partition coefficient (Wildman–Crippen LogP) is 4.66. The number of benzene rings is 2. The number of hydrogen-bond acceptors (Lipinski definition) is 7. The Morgan fingerprint density at radius 1 is 1.07 bits per heavy atom. The van der Waals surface area contributed by atoms with Gasteiger partial charge in [0.15, 0.2) is 23.0 Å².